The average Bonchev–Trinajstić information content (AvgIpc) is 3.29. The molecule has 6 bridgehead atoms. The summed E-state index contributed by atoms with van der Waals surface area (Å²) < 4.78 is 1.04. The van der Waals surface area contributed by atoms with Crippen LogP contribution < -0.4 is 5.32 Å². The van der Waals surface area contributed by atoms with Crippen molar-refractivity contribution in [3.8, 4) is 11.3 Å². The predicted octanol–water partition coefficient (Wildman–Crippen LogP) is 4.41. The highest BCUT2D eigenvalue weighted by molar-refractivity contribution is 9.10. The Labute approximate surface area is 215 Å². The van der Waals surface area contributed by atoms with Crippen LogP contribution in [-0.2, 0) is 24.3 Å². The number of rotatable bonds is 0. The quantitative estimate of drug-likeness (QED) is 0.463. The summed E-state index contributed by atoms with van der Waals surface area (Å²) in [7, 11) is 2.13. The Morgan fingerprint density at radius 3 is 2.66 bits per heavy atom. The molecule has 35 heavy (non-hydrogen) atoms. The predicted molar refractivity (Wildman–Crippen MR) is 142 cm³/mol. The lowest BCUT2D eigenvalue weighted by molar-refractivity contribution is -0.125. The number of benzene rings is 2. The minimum Gasteiger partial charge on any atom is -0.355 e. The number of hydrogen-bond donors (Lipinski definition) is 1. The fraction of sp³-hybridized carbons (Fsp3) is 0.393. The molecule has 6 rings (SSSR count). The topological polar surface area (TPSA) is 61.4 Å². The molecule has 4 heterocycles. The summed E-state index contributed by atoms with van der Waals surface area (Å²) in [5.74, 6) is 0.965. The number of nitrogens with one attached hydrogen (secondary N) is 1. The maximum atomic E-state index is 13.0. The van der Waals surface area contributed by atoms with E-state index in [1.807, 2.05) is 12.3 Å². The van der Waals surface area contributed by atoms with Gasteiger partial charge in [-0.25, -0.2) is 9.97 Å². The van der Waals surface area contributed by atoms with Crippen LogP contribution in [0, 0.1) is 0 Å². The first-order valence-corrected chi connectivity index (χ1v) is 13.2. The van der Waals surface area contributed by atoms with Crippen LogP contribution >= 0.6 is 15.9 Å². The van der Waals surface area contributed by atoms with Crippen LogP contribution in [0.4, 0.5) is 0 Å². The number of nitrogens with zero attached hydrogens (tertiary/aromatic N) is 4. The maximum Gasteiger partial charge on any atom is 0.237 e. The Hall–Kier alpha value is -2.61. The van der Waals surface area contributed by atoms with E-state index in [9.17, 15) is 4.79 Å². The molecule has 1 fully saturated rings. The fourth-order valence-corrected chi connectivity index (χ4v) is 5.72. The maximum absolute atomic E-state index is 13.0. The highest BCUT2D eigenvalue weighted by atomic mass is 79.9. The number of carbonyl (C=O) groups excluding carboxylic acids is 1. The number of carbonyl (C=O) groups is 1. The van der Waals surface area contributed by atoms with Crippen LogP contribution in [0.25, 0.3) is 11.3 Å². The SMILES string of the molecule is CN1CCCNC(=O)[C@H]2CCCN2Cc2cc(Br)cc(c2)Cc2nccc(n2)-c2ccc(cc2)C1. The minimum absolute atomic E-state index is 0.0532. The highest BCUT2D eigenvalue weighted by Gasteiger charge is 2.30. The van der Waals surface area contributed by atoms with Gasteiger partial charge in [-0.1, -0.05) is 46.3 Å². The van der Waals surface area contributed by atoms with E-state index in [4.69, 9.17) is 4.98 Å². The van der Waals surface area contributed by atoms with E-state index in [2.05, 4.69) is 85.5 Å². The number of amides is 1. The summed E-state index contributed by atoms with van der Waals surface area (Å²) in [5.41, 5.74) is 5.68. The minimum atomic E-state index is -0.0532. The van der Waals surface area contributed by atoms with E-state index in [0.29, 0.717) is 13.0 Å². The molecule has 3 aliphatic rings. The second kappa shape index (κ2) is 11.0. The Kier molecular flexibility index (Phi) is 7.56. The molecule has 3 aromatic rings. The smallest absolute Gasteiger partial charge is 0.237 e. The van der Waals surface area contributed by atoms with E-state index < -0.39 is 0 Å². The third kappa shape index (κ3) is 6.15. The van der Waals surface area contributed by atoms with Crippen LogP contribution in [0.15, 0.2) is 59.2 Å². The van der Waals surface area contributed by atoms with Crippen molar-refractivity contribution in [1.29, 1.82) is 0 Å². The van der Waals surface area contributed by atoms with Gasteiger partial charge in [-0.3, -0.25) is 9.69 Å². The molecule has 1 saturated heterocycles. The van der Waals surface area contributed by atoms with Crippen molar-refractivity contribution >= 4 is 21.8 Å². The molecule has 0 radical (unpaired) electrons. The van der Waals surface area contributed by atoms with Gasteiger partial charge < -0.3 is 10.2 Å². The van der Waals surface area contributed by atoms with E-state index >= 15 is 0 Å². The van der Waals surface area contributed by atoms with Gasteiger partial charge in [-0.2, -0.15) is 0 Å². The van der Waals surface area contributed by atoms with Crippen LogP contribution in [-0.4, -0.2) is 58.4 Å². The second-order valence-corrected chi connectivity index (χ2v) is 10.6. The first-order valence-electron chi connectivity index (χ1n) is 12.4. The normalized spacial score (nSPS) is 20.2. The fourth-order valence-electron chi connectivity index (χ4n) is 5.14. The Balaban J connectivity index is 1.45. The molecule has 0 spiro atoms. The lowest BCUT2D eigenvalue weighted by Crippen LogP contribution is -2.43. The summed E-state index contributed by atoms with van der Waals surface area (Å²) in [6.07, 6.45) is 5.42. The number of aromatic nitrogens is 2. The molecule has 7 heteroatoms. The van der Waals surface area contributed by atoms with Crippen LogP contribution in [0.1, 0.15) is 41.8 Å². The molecule has 3 aliphatic heterocycles. The zero-order chi connectivity index (χ0) is 24.2. The zero-order valence-corrected chi connectivity index (χ0v) is 21.8. The van der Waals surface area contributed by atoms with Gasteiger partial charge in [0.1, 0.15) is 5.82 Å². The van der Waals surface area contributed by atoms with E-state index in [1.54, 1.807) is 0 Å². The average molecular weight is 535 g/mol. The molecule has 1 aromatic heterocycles. The first kappa shape index (κ1) is 24.1. The Morgan fingerprint density at radius 2 is 1.80 bits per heavy atom. The molecule has 182 valence electrons. The first-order chi connectivity index (χ1) is 17.0. The third-order valence-corrected chi connectivity index (χ3v) is 7.31. The van der Waals surface area contributed by atoms with E-state index in [-0.39, 0.29) is 11.9 Å². The van der Waals surface area contributed by atoms with Crippen molar-refractivity contribution in [2.45, 2.75) is 44.8 Å². The summed E-state index contributed by atoms with van der Waals surface area (Å²) >= 11 is 3.69. The van der Waals surface area contributed by atoms with Gasteiger partial charge in [0.15, 0.2) is 0 Å². The largest absolute Gasteiger partial charge is 0.355 e. The standard InChI is InChI=1S/C28H32BrN5O/c1-33-12-3-10-31-28(35)26-4-2-13-34(26)19-22-14-21(15-24(29)16-22)17-27-30-11-9-25(32-27)23-7-5-20(18-33)6-8-23/h5-9,11,14-16,26H,2-4,10,12-13,17-19H2,1H3,(H,31,35)/t26-/m1/s1. The van der Waals surface area contributed by atoms with Crippen molar-refractivity contribution in [3.63, 3.8) is 0 Å². The van der Waals surface area contributed by atoms with Crippen LogP contribution in [0.5, 0.6) is 0 Å². The van der Waals surface area contributed by atoms with Crippen LogP contribution in [0.2, 0.25) is 0 Å². The lowest BCUT2D eigenvalue weighted by atomic mass is 10.1. The van der Waals surface area contributed by atoms with Gasteiger partial charge in [0.2, 0.25) is 5.91 Å². The van der Waals surface area contributed by atoms with Gasteiger partial charge in [-0.15, -0.1) is 0 Å². The van der Waals surface area contributed by atoms with Crippen molar-refractivity contribution in [3.05, 3.63) is 81.7 Å². The van der Waals surface area contributed by atoms with Crippen molar-refractivity contribution in [1.82, 2.24) is 25.1 Å². The highest BCUT2D eigenvalue weighted by Crippen LogP contribution is 2.25. The second-order valence-electron chi connectivity index (χ2n) is 9.71. The van der Waals surface area contributed by atoms with Gasteiger partial charge in [-0.05, 0) is 74.3 Å². The number of hydrogen-bond acceptors (Lipinski definition) is 5. The molecule has 1 amide bonds. The lowest BCUT2D eigenvalue weighted by Gasteiger charge is -2.24. The molecule has 0 unspecified atom stereocenters. The molecule has 1 atom stereocenters. The van der Waals surface area contributed by atoms with Gasteiger partial charge in [0.25, 0.3) is 0 Å². The van der Waals surface area contributed by atoms with Crippen molar-refractivity contribution < 1.29 is 4.79 Å². The third-order valence-electron chi connectivity index (χ3n) is 6.86. The van der Waals surface area contributed by atoms with Crippen molar-refractivity contribution in [2.24, 2.45) is 0 Å². The molecular weight excluding hydrogens is 502 g/mol. The van der Waals surface area contributed by atoms with E-state index in [0.717, 1.165) is 72.6 Å². The number of halogens is 1. The summed E-state index contributed by atoms with van der Waals surface area (Å²) in [6, 6.07) is 17.1. The van der Waals surface area contributed by atoms with E-state index in [1.165, 1.54) is 11.1 Å². The summed E-state index contributed by atoms with van der Waals surface area (Å²) in [6.45, 7) is 4.24. The van der Waals surface area contributed by atoms with Gasteiger partial charge in [0, 0.05) is 42.3 Å². The van der Waals surface area contributed by atoms with Gasteiger partial charge >= 0.3 is 0 Å². The zero-order valence-electron chi connectivity index (χ0n) is 20.2. The Bertz CT molecular complexity index is 1180. The molecule has 1 N–H and O–H groups in total. The van der Waals surface area contributed by atoms with Gasteiger partial charge in [0.05, 0.1) is 11.7 Å². The molecule has 6 nitrogen and oxygen atoms in total. The Morgan fingerprint density at radius 1 is 0.971 bits per heavy atom. The van der Waals surface area contributed by atoms with Crippen molar-refractivity contribution in [2.75, 3.05) is 26.7 Å². The van der Waals surface area contributed by atoms with Crippen LogP contribution in [0.3, 0.4) is 0 Å². The number of fused-ring (bicyclic) bond motifs is 8. The molecule has 2 aromatic carbocycles. The molecule has 0 saturated carbocycles. The monoisotopic (exact) mass is 533 g/mol. The summed E-state index contributed by atoms with van der Waals surface area (Å²) in [4.78, 5) is 27.0. The summed E-state index contributed by atoms with van der Waals surface area (Å²) in [5, 5.41) is 3.19. The molecular formula is C28H32BrN5O. The molecule has 0 aliphatic carbocycles.